The third-order valence-corrected chi connectivity index (χ3v) is 3.37. The molecule has 0 aromatic heterocycles. The molecule has 21 heavy (non-hydrogen) atoms. The summed E-state index contributed by atoms with van der Waals surface area (Å²) in [6.45, 7) is 4.12. The zero-order valence-electron chi connectivity index (χ0n) is 12.2. The van der Waals surface area contributed by atoms with Crippen molar-refractivity contribution in [1.82, 2.24) is 0 Å². The lowest BCUT2D eigenvalue weighted by molar-refractivity contribution is -0.131. The normalized spacial score (nSPS) is 10.6. The van der Waals surface area contributed by atoms with Crippen LogP contribution < -0.4 is 0 Å². The van der Waals surface area contributed by atoms with Crippen LogP contribution in [0, 0.1) is 13.8 Å². The minimum Gasteiger partial charge on any atom is -0.478 e. The van der Waals surface area contributed by atoms with Crippen molar-refractivity contribution in [3.63, 3.8) is 0 Å². The molecule has 106 valence electrons. The molecule has 0 amide bonds. The van der Waals surface area contributed by atoms with Crippen molar-refractivity contribution in [2.75, 3.05) is 0 Å². The standard InChI is InChI=1S/C19H18O2/c1-14-8-3-5-10-16(14)18(12-7-13-19(20)21)17-11-6-4-9-15(17)2/h3-13H,1-2H3,(H,20,21). The minimum atomic E-state index is -0.944. The molecular weight excluding hydrogens is 260 g/mol. The Labute approximate surface area is 125 Å². The van der Waals surface area contributed by atoms with Gasteiger partial charge in [-0.15, -0.1) is 0 Å². The average Bonchev–Trinajstić information content (AvgIpc) is 2.45. The first kappa shape index (κ1) is 14.8. The Kier molecular flexibility index (Phi) is 4.72. The van der Waals surface area contributed by atoms with E-state index in [1.54, 1.807) is 6.08 Å². The summed E-state index contributed by atoms with van der Waals surface area (Å²) in [6, 6.07) is 16.2. The monoisotopic (exact) mass is 278 g/mol. The third kappa shape index (κ3) is 3.69. The van der Waals surface area contributed by atoms with Crippen molar-refractivity contribution >= 4 is 11.5 Å². The van der Waals surface area contributed by atoms with E-state index in [0.717, 1.165) is 33.9 Å². The van der Waals surface area contributed by atoms with E-state index in [2.05, 4.69) is 38.1 Å². The van der Waals surface area contributed by atoms with Crippen LogP contribution in [0.25, 0.3) is 5.57 Å². The van der Waals surface area contributed by atoms with Crippen LogP contribution in [0.2, 0.25) is 0 Å². The van der Waals surface area contributed by atoms with E-state index in [9.17, 15) is 4.79 Å². The van der Waals surface area contributed by atoms with Gasteiger partial charge in [-0.05, 0) is 41.7 Å². The number of hydrogen-bond donors (Lipinski definition) is 1. The number of carbonyl (C=O) groups is 1. The molecule has 0 bridgehead atoms. The summed E-state index contributed by atoms with van der Waals surface area (Å²) in [5.41, 5.74) is 5.58. The SMILES string of the molecule is Cc1ccccc1C(=CC=CC(=O)O)c1ccccc1C. The van der Waals surface area contributed by atoms with Gasteiger partial charge >= 0.3 is 5.97 Å². The number of aryl methyl sites for hydroxylation is 2. The summed E-state index contributed by atoms with van der Waals surface area (Å²) >= 11 is 0. The first-order valence-corrected chi connectivity index (χ1v) is 6.83. The van der Waals surface area contributed by atoms with E-state index in [4.69, 9.17) is 5.11 Å². The highest BCUT2D eigenvalue weighted by Gasteiger charge is 2.08. The lowest BCUT2D eigenvalue weighted by atomic mass is 9.91. The van der Waals surface area contributed by atoms with Crippen LogP contribution in [0.1, 0.15) is 22.3 Å². The van der Waals surface area contributed by atoms with Gasteiger partial charge in [-0.25, -0.2) is 4.79 Å². The zero-order chi connectivity index (χ0) is 15.2. The Morgan fingerprint density at radius 2 is 1.38 bits per heavy atom. The molecule has 0 aliphatic rings. The summed E-state index contributed by atoms with van der Waals surface area (Å²) < 4.78 is 0. The van der Waals surface area contributed by atoms with Crippen molar-refractivity contribution in [2.45, 2.75) is 13.8 Å². The van der Waals surface area contributed by atoms with Crippen molar-refractivity contribution in [1.29, 1.82) is 0 Å². The van der Waals surface area contributed by atoms with E-state index in [1.165, 1.54) is 0 Å². The van der Waals surface area contributed by atoms with E-state index in [-0.39, 0.29) is 0 Å². The molecule has 0 heterocycles. The topological polar surface area (TPSA) is 37.3 Å². The Morgan fingerprint density at radius 1 is 0.905 bits per heavy atom. The molecule has 0 saturated carbocycles. The predicted molar refractivity (Wildman–Crippen MR) is 86.2 cm³/mol. The molecule has 1 N–H and O–H groups in total. The average molecular weight is 278 g/mol. The van der Waals surface area contributed by atoms with Crippen molar-refractivity contribution < 1.29 is 9.90 Å². The molecule has 0 atom stereocenters. The quantitative estimate of drug-likeness (QED) is 0.666. The van der Waals surface area contributed by atoms with Gasteiger partial charge in [0.25, 0.3) is 0 Å². The van der Waals surface area contributed by atoms with Gasteiger partial charge in [-0.1, -0.05) is 60.7 Å². The van der Waals surface area contributed by atoms with Crippen molar-refractivity contribution in [2.24, 2.45) is 0 Å². The Bertz CT molecular complexity index is 662. The number of hydrogen-bond acceptors (Lipinski definition) is 1. The highest BCUT2D eigenvalue weighted by molar-refractivity contribution is 5.85. The summed E-state index contributed by atoms with van der Waals surface area (Å²) in [6.07, 6.45) is 4.59. The zero-order valence-corrected chi connectivity index (χ0v) is 12.2. The number of aliphatic carboxylic acids is 1. The van der Waals surface area contributed by atoms with E-state index in [0.29, 0.717) is 0 Å². The second-order valence-corrected chi connectivity index (χ2v) is 4.91. The van der Waals surface area contributed by atoms with Gasteiger partial charge in [0, 0.05) is 6.08 Å². The maximum atomic E-state index is 10.7. The Hall–Kier alpha value is -2.61. The summed E-state index contributed by atoms with van der Waals surface area (Å²) in [4.78, 5) is 10.7. The minimum absolute atomic E-state index is 0.944. The molecular formula is C19H18O2. The summed E-state index contributed by atoms with van der Waals surface area (Å²) in [5.74, 6) is -0.944. The maximum absolute atomic E-state index is 10.7. The van der Waals surface area contributed by atoms with Crippen LogP contribution in [-0.2, 0) is 4.79 Å². The molecule has 0 radical (unpaired) electrons. The number of rotatable bonds is 4. The van der Waals surface area contributed by atoms with Crippen LogP contribution in [0.15, 0.2) is 66.8 Å². The lowest BCUT2D eigenvalue weighted by Crippen LogP contribution is -1.94. The predicted octanol–water partition coefficient (Wildman–Crippen LogP) is 4.38. The van der Waals surface area contributed by atoms with Crippen LogP contribution >= 0.6 is 0 Å². The molecule has 2 aromatic rings. The van der Waals surface area contributed by atoms with Gasteiger partial charge in [-0.2, -0.15) is 0 Å². The van der Waals surface area contributed by atoms with Crippen molar-refractivity contribution in [3.8, 4) is 0 Å². The number of carboxylic acids is 1. The third-order valence-electron chi connectivity index (χ3n) is 3.37. The second-order valence-electron chi connectivity index (χ2n) is 4.91. The smallest absolute Gasteiger partial charge is 0.328 e. The summed E-state index contributed by atoms with van der Waals surface area (Å²) in [7, 11) is 0. The molecule has 0 fully saturated rings. The first-order chi connectivity index (χ1) is 10.1. The van der Waals surface area contributed by atoms with Crippen LogP contribution in [0.4, 0.5) is 0 Å². The van der Waals surface area contributed by atoms with Gasteiger partial charge < -0.3 is 5.11 Å². The van der Waals surface area contributed by atoms with Crippen LogP contribution in [-0.4, -0.2) is 11.1 Å². The van der Waals surface area contributed by atoms with Crippen molar-refractivity contribution in [3.05, 3.63) is 89.0 Å². The fraction of sp³-hybridized carbons (Fsp3) is 0.105. The largest absolute Gasteiger partial charge is 0.478 e. The molecule has 2 heteroatoms. The first-order valence-electron chi connectivity index (χ1n) is 6.83. The van der Waals surface area contributed by atoms with E-state index in [1.807, 2.05) is 30.3 Å². The highest BCUT2D eigenvalue weighted by atomic mass is 16.4. The molecule has 0 aliphatic heterocycles. The van der Waals surface area contributed by atoms with E-state index < -0.39 is 5.97 Å². The fourth-order valence-corrected chi connectivity index (χ4v) is 2.30. The van der Waals surface area contributed by atoms with E-state index >= 15 is 0 Å². The molecule has 2 aromatic carbocycles. The number of allylic oxidation sites excluding steroid dienone is 2. The van der Waals surface area contributed by atoms with Gasteiger partial charge in [0.2, 0.25) is 0 Å². The van der Waals surface area contributed by atoms with Crippen LogP contribution in [0.3, 0.4) is 0 Å². The van der Waals surface area contributed by atoms with Gasteiger partial charge in [-0.3, -0.25) is 0 Å². The molecule has 0 spiro atoms. The summed E-state index contributed by atoms with van der Waals surface area (Å²) in [5, 5.41) is 8.76. The fourth-order valence-electron chi connectivity index (χ4n) is 2.30. The molecule has 0 aliphatic carbocycles. The molecule has 0 unspecified atom stereocenters. The van der Waals surface area contributed by atoms with Gasteiger partial charge in [0.1, 0.15) is 0 Å². The molecule has 2 nitrogen and oxygen atoms in total. The lowest BCUT2D eigenvalue weighted by Gasteiger charge is -2.13. The molecule has 2 rings (SSSR count). The number of carboxylic acid groups (broad SMARTS) is 1. The number of benzene rings is 2. The highest BCUT2D eigenvalue weighted by Crippen LogP contribution is 2.28. The second kappa shape index (κ2) is 6.71. The molecule has 0 saturated heterocycles. The van der Waals surface area contributed by atoms with Crippen LogP contribution in [0.5, 0.6) is 0 Å². The Morgan fingerprint density at radius 3 is 1.81 bits per heavy atom. The van der Waals surface area contributed by atoms with Gasteiger partial charge in [0.05, 0.1) is 0 Å². The Balaban J connectivity index is 2.58. The maximum Gasteiger partial charge on any atom is 0.328 e. The van der Waals surface area contributed by atoms with Gasteiger partial charge in [0.15, 0.2) is 0 Å².